The van der Waals surface area contributed by atoms with Crippen LogP contribution in [0.5, 0.6) is 5.75 Å². The van der Waals surface area contributed by atoms with E-state index >= 15 is 0 Å². The lowest BCUT2D eigenvalue weighted by Crippen LogP contribution is -2.34. The number of imidazole rings is 1. The van der Waals surface area contributed by atoms with Gasteiger partial charge >= 0.3 is 0 Å². The molecule has 2 heterocycles. The highest BCUT2D eigenvalue weighted by molar-refractivity contribution is 6.03. The average Bonchev–Trinajstić information content (AvgIpc) is 3.37. The molecule has 0 spiro atoms. The highest BCUT2D eigenvalue weighted by Gasteiger charge is 2.40. The maximum Gasteiger partial charge on any atom is 0.253 e. The number of hydrogen-bond donors (Lipinski definition) is 1. The topological polar surface area (TPSA) is 76.5 Å². The largest absolute Gasteiger partial charge is 0.497 e. The SMILES string of the molecule is COc1ccc(CCN2C(=O)C(CC(=O)NCc3ccccc3)n3c2nc2ccccc23)cc1. The van der Waals surface area contributed by atoms with Crippen molar-refractivity contribution in [1.82, 2.24) is 14.9 Å². The molecule has 172 valence electrons. The summed E-state index contributed by atoms with van der Waals surface area (Å²) in [5, 5.41) is 2.95. The van der Waals surface area contributed by atoms with Crippen LogP contribution in [-0.2, 0) is 22.6 Å². The molecule has 0 radical (unpaired) electrons. The van der Waals surface area contributed by atoms with Gasteiger partial charge in [0, 0.05) is 13.1 Å². The number of benzene rings is 3. The fourth-order valence-corrected chi connectivity index (χ4v) is 4.38. The molecule has 0 saturated heterocycles. The van der Waals surface area contributed by atoms with Crippen LogP contribution in [-0.4, -0.2) is 35.0 Å². The van der Waals surface area contributed by atoms with Gasteiger partial charge in [0.25, 0.3) is 5.91 Å². The van der Waals surface area contributed by atoms with Gasteiger partial charge < -0.3 is 10.1 Å². The minimum Gasteiger partial charge on any atom is -0.497 e. The third-order valence-electron chi connectivity index (χ3n) is 6.18. The lowest BCUT2D eigenvalue weighted by Gasteiger charge is -2.16. The van der Waals surface area contributed by atoms with Crippen molar-refractivity contribution in [1.29, 1.82) is 0 Å². The Balaban J connectivity index is 1.35. The van der Waals surface area contributed by atoms with E-state index in [1.807, 2.05) is 83.4 Å². The minimum absolute atomic E-state index is 0.0675. The van der Waals surface area contributed by atoms with Gasteiger partial charge in [-0.3, -0.25) is 19.1 Å². The normalized spacial score (nSPS) is 14.9. The van der Waals surface area contributed by atoms with Crippen molar-refractivity contribution < 1.29 is 14.3 Å². The molecule has 3 aromatic carbocycles. The van der Waals surface area contributed by atoms with Gasteiger partial charge in [-0.05, 0) is 41.8 Å². The lowest BCUT2D eigenvalue weighted by molar-refractivity contribution is -0.127. The number of carbonyl (C=O) groups is 2. The van der Waals surface area contributed by atoms with Crippen LogP contribution in [0.15, 0.2) is 78.9 Å². The molecule has 7 nitrogen and oxygen atoms in total. The Bertz CT molecular complexity index is 1310. The third kappa shape index (κ3) is 4.24. The van der Waals surface area contributed by atoms with E-state index in [1.165, 1.54) is 0 Å². The molecule has 1 aromatic heterocycles. The second kappa shape index (κ2) is 9.39. The van der Waals surface area contributed by atoms with E-state index < -0.39 is 6.04 Å². The van der Waals surface area contributed by atoms with Crippen molar-refractivity contribution >= 4 is 28.8 Å². The Morgan fingerprint density at radius 1 is 0.971 bits per heavy atom. The number of carbonyl (C=O) groups excluding carboxylic acids is 2. The summed E-state index contributed by atoms with van der Waals surface area (Å²) in [6, 6.07) is 24.7. The fraction of sp³-hybridized carbons (Fsp3) is 0.222. The van der Waals surface area contributed by atoms with Crippen LogP contribution in [0, 0.1) is 0 Å². The van der Waals surface area contributed by atoms with E-state index in [0.29, 0.717) is 25.5 Å². The molecule has 34 heavy (non-hydrogen) atoms. The summed E-state index contributed by atoms with van der Waals surface area (Å²) in [6.07, 6.45) is 0.740. The molecule has 1 unspecified atom stereocenters. The summed E-state index contributed by atoms with van der Waals surface area (Å²) < 4.78 is 7.14. The first-order chi connectivity index (χ1) is 16.6. The van der Waals surface area contributed by atoms with E-state index in [1.54, 1.807) is 12.0 Å². The smallest absolute Gasteiger partial charge is 0.253 e. The first-order valence-electron chi connectivity index (χ1n) is 11.4. The number of ether oxygens (including phenoxy) is 1. The Hall–Kier alpha value is -4.13. The zero-order valence-electron chi connectivity index (χ0n) is 19.0. The lowest BCUT2D eigenvalue weighted by atomic mass is 10.1. The molecule has 0 fully saturated rings. The number of aromatic nitrogens is 2. The quantitative estimate of drug-likeness (QED) is 0.438. The number of anilines is 1. The van der Waals surface area contributed by atoms with Crippen molar-refractivity contribution in [2.75, 3.05) is 18.6 Å². The van der Waals surface area contributed by atoms with Gasteiger partial charge in [-0.1, -0.05) is 54.6 Å². The average molecular weight is 455 g/mol. The molecular weight excluding hydrogens is 428 g/mol. The molecule has 0 bridgehead atoms. The fourth-order valence-electron chi connectivity index (χ4n) is 4.38. The van der Waals surface area contributed by atoms with Crippen molar-refractivity contribution in [2.24, 2.45) is 0 Å². The molecule has 4 aromatic rings. The van der Waals surface area contributed by atoms with Gasteiger partial charge in [-0.25, -0.2) is 4.98 Å². The molecule has 1 N–H and O–H groups in total. The predicted octanol–water partition coefficient (Wildman–Crippen LogP) is 3.88. The van der Waals surface area contributed by atoms with Crippen molar-refractivity contribution in [3.05, 3.63) is 90.0 Å². The molecule has 2 amide bonds. The zero-order chi connectivity index (χ0) is 23.5. The van der Waals surface area contributed by atoms with Crippen LogP contribution < -0.4 is 15.0 Å². The summed E-state index contributed by atoms with van der Waals surface area (Å²) in [5.74, 6) is 1.13. The number of fused-ring (bicyclic) bond motifs is 3. The van der Waals surface area contributed by atoms with Crippen LogP contribution in [0.1, 0.15) is 23.6 Å². The molecule has 5 rings (SSSR count). The second-order valence-electron chi connectivity index (χ2n) is 8.34. The number of amides is 2. The summed E-state index contributed by atoms with van der Waals surface area (Å²) in [7, 11) is 1.64. The number of hydrogen-bond acceptors (Lipinski definition) is 4. The van der Waals surface area contributed by atoms with Gasteiger partial charge in [0.05, 0.1) is 24.6 Å². The van der Waals surface area contributed by atoms with Gasteiger partial charge in [-0.2, -0.15) is 0 Å². The zero-order valence-corrected chi connectivity index (χ0v) is 19.0. The van der Waals surface area contributed by atoms with E-state index in [9.17, 15) is 9.59 Å². The summed E-state index contributed by atoms with van der Waals surface area (Å²) in [6.45, 7) is 0.913. The van der Waals surface area contributed by atoms with Gasteiger partial charge in [-0.15, -0.1) is 0 Å². The number of para-hydroxylation sites is 2. The van der Waals surface area contributed by atoms with Crippen LogP contribution in [0.3, 0.4) is 0 Å². The highest BCUT2D eigenvalue weighted by atomic mass is 16.5. The third-order valence-corrected chi connectivity index (χ3v) is 6.18. The monoisotopic (exact) mass is 454 g/mol. The van der Waals surface area contributed by atoms with Gasteiger partial charge in [0.15, 0.2) is 0 Å². The molecule has 7 heteroatoms. The maximum absolute atomic E-state index is 13.5. The van der Waals surface area contributed by atoms with E-state index in [-0.39, 0.29) is 18.2 Å². The van der Waals surface area contributed by atoms with E-state index in [2.05, 4.69) is 5.32 Å². The first kappa shape index (κ1) is 21.7. The Kier molecular flexibility index (Phi) is 5.99. The first-order valence-corrected chi connectivity index (χ1v) is 11.4. The Labute approximate surface area is 198 Å². The van der Waals surface area contributed by atoms with E-state index in [0.717, 1.165) is 27.9 Å². The van der Waals surface area contributed by atoms with E-state index in [4.69, 9.17) is 9.72 Å². The number of nitrogens with zero attached hydrogens (tertiary/aromatic N) is 3. The summed E-state index contributed by atoms with van der Waals surface area (Å²) >= 11 is 0. The van der Waals surface area contributed by atoms with Crippen LogP contribution in [0.25, 0.3) is 11.0 Å². The van der Waals surface area contributed by atoms with Crippen molar-refractivity contribution in [2.45, 2.75) is 25.4 Å². The second-order valence-corrected chi connectivity index (χ2v) is 8.34. The Morgan fingerprint density at radius 3 is 2.47 bits per heavy atom. The molecular formula is C27H26N4O3. The summed E-state index contributed by atoms with van der Waals surface area (Å²) in [5.41, 5.74) is 3.79. The van der Waals surface area contributed by atoms with Gasteiger partial charge in [0.2, 0.25) is 11.9 Å². The standard InChI is InChI=1S/C27H26N4O3/c1-34-21-13-11-19(12-14-21)15-16-30-26(33)24(17-25(32)28-18-20-7-3-2-4-8-20)31-23-10-6-5-9-22(23)29-27(30)31/h2-14,24H,15-18H2,1H3,(H,28,32). The van der Waals surface area contributed by atoms with Gasteiger partial charge in [0.1, 0.15) is 11.8 Å². The van der Waals surface area contributed by atoms with Crippen LogP contribution >= 0.6 is 0 Å². The van der Waals surface area contributed by atoms with Crippen molar-refractivity contribution in [3.8, 4) is 5.75 Å². The highest BCUT2D eigenvalue weighted by Crippen LogP contribution is 2.36. The minimum atomic E-state index is -0.617. The molecule has 1 aliphatic rings. The number of rotatable bonds is 8. The molecule has 0 aliphatic carbocycles. The molecule has 1 atom stereocenters. The maximum atomic E-state index is 13.5. The van der Waals surface area contributed by atoms with Crippen LogP contribution in [0.2, 0.25) is 0 Å². The predicted molar refractivity (Wildman–Crippen MR) is 131 cm³/mol. The molecule has 0 saturated carbocycles. The summed E-state index contributed by atoms with van der Waals surface area (Å²) in [4.78, 5) is 32.7. The van der Waals surface area contributed by atoms with Crippen LogP contribution in [0.4, 0.5) is 5.95 Å². The number of methoxy groups -OCH3 is 1. The molecule has 1 aliphatic heterocycles. The van der Waals surface area contributed by atoms with Crippen molar-refractivity contribution in [3.63, 3.8) is 0 Å². The number of nitrogens with one attached hydrogen (secondary N) is 1. The Morgan fingerprint density at radius 2 is 1.71 bits per heavy atom.